The fourth-order valence-electron chi connectivity index (χ4n) is 1.56. The monoisotopic (exact) mass is 296 g/mol. The molecule has 1 aromatic carbocycles. The van der Waals surface area contributed by atoms with Gasteiger partial charge in [-0.05, 0) is 24.3 Å². The Kier molecular flexibility index (Phi) is 4.08. The highest BCUT2D eigenvalue weighted by Gasteiger charge is 2.10. The number of nitrogens with zero attached hydrogens (tertiary/aromatic N) is 2. The zero-order valence-corrected chi connectivity index (χ0v) is 11.4. The van der Waals surface area contributed by atoms with Gasteiger partial charge in [0.1, 0.15) is 5.15 Å². The van der Waals surface area contributed by atoms with Gasteiger partial charge < -0.3 is 0 Å². The molecule has 0 bridgehead atoms. The second kappa shape index (κ2) is 5.58. The quantitative estimate of drug-likeness (QED) is 0.748. The number of benzene rings is 1. The van der Waals surface area contributed by atoms with Crippen LogP contribution in [0.3, 0.4) is 0 Å². The Labute approximate surface area is 120 Å². The SMILES string of the molecule is N#CCc1ccc(-c2ccc(Cl)cc2Cl)c(Cl)n1. The number of nitriles is 1. The topological polar surface area (TPSA) is 36.7 Å². The van der Waals surface area contributed by atoms with Crippen LogP contribution in [0, 0.1) is 11.3 Å². The van der Waals surface area contributed by atoms with Gasteiger partial charge in [-0.3, -0.25) is 0 Å². The van der Waals surface area contributed by atoms with E-state index in [2.05, 4.69) is 4.98 Å². The fourth-order valence-corrected chi connectivity index (χ4v) is 2.34. The van der Waals surface area contributed by atoms with Crippen molar-refractivity contribution in [1.82, 2.24) is 4.98 Å². The van der Waals surface area contributed by atoms with E-state index in [1.807, 2.05) is 6.07 Å². The second-order valence-corrected chi connectivity index (χ2v) is 4.80. The Morgan fingerprint density at radius 2 is 1.78 bits per heavy atom. The van der Waals surface area contributed by atoms with Crippen LogP contribution in [-0.4, -0.2) is 4.98 Å². The summed E-state index contributed by atoms with van der Waals surface area (Å²) in [6.45, 7) is 0. The number of halogens is 3. The summed E-state index contributed by atoms with van der Waals surface area (Å²) >= 11 is 18.1. The van der Waals surface area contributed by atoms with Crippen LogP contribution in [0.25, 0.3) is 11.1 Å². The Balaban J connectivity index is 2.48. The zero-order valence-electron chi connectivity index (χ0n) is 9.12. The van der Waals surface area contributed by atoms with E-state index in [1.54, 1.807) is 30.3 Å². The van der Waals surface area contributed by atoms with Gasteiger partial charge in [0.15, 0.2) is 0 Å². The van der Waals surface area contributed by atoms with Crippen molar-refractivity contribution >= 4 is 34.8 Å². The van der Waals surface area contributed by atoms with Crippen molar-refractivity contribution in [1.29, 1.82) is 5.26 Å². The molecule has 0 saturated carbocycles. The third-order valence-electron chi connectivity index (χ3n) is 2.39. The van der Waals surface area contributed by atoms with Gasteiger partial charge in [0.25, 0.3) is 0 Å². The lowest BCUT2D eigenvalue weighted by Crippen LogP contribution is -1.91. The van der Waals surface area contributed by atoms with Gasteiger partial charge in [-0.2, -0.15) is 5.26 Å². The van der Waals surface area contributed by atoms with Crippen LogP contribution in [0.2, 0.25) is 15.2 Å². The standard InChI is InChI=1S/C13H7Cl3N2/c14-8-1-3-10(12(15)7-8)11-4-2-9(5-6-17)18-13(11)16/h1-4,7H,5H2. The number of hydrogen-bond donors (Lipinski definition) is 0. The van der Waals surface area contributed by atoms with Crippen LogP contribution in [0.15, 0.2) is 30.3 Å². The third-order valence-corrected chi connectivity index (χ3v) is 3.22. The zero-order chi connectivity index (χ0) is 13.1. The minimum atomic E-state index is 0.231. The van der Waals surface area contributed by atoms with Gasteiger partial charge in [-0.15, -0.1) is 0 Å². The number of rotatable bonds is 2. The Morgan fingerprint density at radius 1 is 1.06 bits per heavy atom. The van der Waals surface area contributed by atoms with E-state index in [9.17, 15) is 0 Å². The number of pyridine rings is 1. The van der Waals surface area contributed by atoms with Crippen LogP contribution in [0.5, 0.6) is 0 Å². The lowest BCUT2D eigenvalue weighted by atomic mass is 10.1. The van der Waals surface area contributed by atoms with Crippen molar-refractivity contribution in [2.45, 2.75) is 6.42 Å². The minimum absolute atomic E-state index is 0.231. The lowest BCUT2D eigenvalue weighted by Gasteiger charge is -2.07. The fraction of sp³-hybridized carbons (Fsp3) is 0.0769. The first-order valence-corrected chi connectivity index (χ1v) is 6.23. The predicted molar refractivity (Wildman–Crippen MR) is 74.0 cm³/mol. The molecule has 1 aromatic heterocycles. The van der Waals surface area contributed by atoms with Crippen molar-refractivity contribution in [3.63, 3.8) is 0 Å². The highest BCUT2D eigenvalue weighted by Crippen LogP contribution is 2.33. The molecule has 90 valence electrons. The molecule has 0 radical (unpaired) electrons. The smallest absolute Gasteiger partial charge is 0.137 e. The van der Waals surface area contributed by atoms with Crippen LogP contribution in [-0.2, 0) is 6.42 Å². The van der Waals surface area contributed by atoms with E-state index in [0.717, 1.165) is 11.1 Å². The largest absolute Gasteiger partial charge is 0.239 e. The summed E-state index contributed by atoms with van der Waals surface area (Å²) in [5, 5.41) is 10.0. The minimum Gasteiger partial charge on any atom is -0.239 e. The van der Waals surface area contributed by atoms with Gasteiger partial charge >= 0.3 is 0 Å². The van der Waals surface area contributed by atoms with Gasteiger partial charge in [-0.1, -0.05) is 40.9 Å². The summed E-state index contributed by atoms with van der Waals surface area (Å²) in [4.78, 5) is 4.15. The molecule has 5 heteroatoms. The molecule has 0 aliphatic rings. The molecule has 0 fully saturated rings. The molecule has 0 spiro atoms. The maximum Gasteiger partial charge on any atom is 0.137 e. The summed E-state index contributed by atoms with van der Waals surface area (Å²) in [7, 11) is 0. The van der Waals surface area contributed by atoms with Crippen LogP contribution >= 0.6 is 34.8 Å². The molecule has 0 unspecified atom stereocenters. The molecule has 0 amide bonds. The molecule has 2 nitrogen and oxygen atoms in total. The second-order valence-electron chi connectivity index (χ2n) is 3.60. The molecule has 0 saturated heterocycles. The molecule has 0 aliphatic carbocycles. The summed E-state index contributed by atoms with van der Waals surface area (Å²) in [5.74, 6) is 0. The van der Waals surface area contributed by atoms with E-state index in [-0.39, 0.29) is 6.42 Å². The molecular weight excluding hydrogens is 291 g/mol. The van der Waals surface area contributed by atoms with E-state index in [0.29, 0.717) is 20.9 Å². The normalized spacial score (nSPS) is 10.1. The summed E-state index contributed by atoms with van der Waals surface area (Å²) in [6, 6.07) is 10.8. The number of aromatic nitrogens is 1. The van der Waals surface area contributed by atoms with E-state index < -0.39 is 0 Å². The van der Waals surface area contributed by atoms with Crippen molar-refractivity contribution in [2.24, 2.45) is 0 Å². The molecule has 0 atom stereocenters. The first-order valence-electron chi connectivity index (χ1n) is 5.09. The van der Waals surface area contributed by atoms with Crippen LogP contribution in [0.4, 0.5) is 0 Å². The van der Waals surface area contributed by atoms with Gasteiger partial charge in [0.2, 0.25) is 0 Å². The average molecular weight is 298 g/mol. The van der Waals surface area contributed by atoms with E-state index in [1.165, 1.54) is 0 Å². The van der Waals surface area contributed by atoms with Crippen molar-refractivity contribution in [3.05, 3.63) is 51.2 Å². The predicted octanol–water partition coefficient (Wildman–Crippen LogP) is 4.77. The Morgan fingerprint density at radius 3 is 2.39 bits per heavy atom. The third kappa shape index (κ3) is 2.76. The lowest BCUT2D eigenvalue weighted by molar-refractivity contribution is 1.12. The van der Waals surface area contributed by atoms with Crippen LogP contribution < -0.4 is 0 Å². The molecule has 18 heavy (non-hydrogen) atoms. The Bertz CT molecular complexity index is 633. The van der Waals surface area contributed by atoms with Crippen molar-refractivity contribution in [3.8, 4) is 17.2 Å². The van der Waals surface area contributed by atoms with Crippen LogP contribution in [0.1, 0.15) is 5.69 Å². The first-order chi connectivity index (χ1) is 8.61. The molecular formula is C13H7Cl3N2. The molecule has 2 rings (SSSR count). The Hall–Kier alpha value is -1.27. The van der Waals surface area contributed by atoms with Gasteiger partial charge in [0, 0.05) is 21.2 Å². The molecule has 0 aliphatic heterocycles. The van der Waals surface area contributed by atoms with Crippen molar-refractivity contribution in [2.75, 3.05) is 0 Å². The van der Waals surface area contributed by atoms with Gasteiger partial charge in [0.05, 0.1) is 18.2 Å². The maximum absolute atomic E-state index is 8.60. The summed E-state index contributed by atoms with van der Waals surface area (Å²) in [5.41, 5.74) is 2.12. The first kappa shape index (κ1) is 13.2. The molecule has 0 N–H and O–H groups in total. The van der Waals surface area contributed by atoms with E-state index >= 15 is 0 Å². The summed E-state index contributed by atoms with van der Waals surface area (Å²) in [6.07, 6.45) is 0.231. The van der Waals surface area contributed by atoms with Gasteiger partial charge in [-0.25, -0.2) is 4.98 Å². The highest BCUT2D eigenvalue weighted by molar-refractivity contribution is 6.37. The van der Waals surface area contributed by atoms with E-state index in [4.69, 9.17) is 40.1 Å². The number of hydrogen-bond acceptors (Lipinski definition) is 2. The average Bonchev–Trinajstić information content (AvgIpc) is 2.31. The summed E-state index contributed by atoms with van der Waals surface area (Å²) < 4.78 is 0. The van der Waals surface area contributed by atoms with Crippen molar-refractivity contribution < 1.29 is 0 Å². The highest BCUT2D eigenvalue weighted by atomic mass is 35.5. The maximum atomic E-state index is 8.60. The molecule has 1 heterocycles. The molecule has 2 aromatic rings.